The summed E-state index contributed by atoms with van der Waals surface area (Å²) in [6.45, 7) is 1.11. The first kappa shape index (κ1) is 16.3. The highest BCUT2D eigenvalue weighted by Crippen LogP contribution is 2.31. The maximum absolute atomic E-state index is 13.0. The van der Waals surface area contributed by atoms with Gasteiger partial charge in [-0.2, -0.15) is 0 Å². The van der Waals surface area contributed by atoms with E-state index in [9.17, 15) is 9.90 Å². The molecule has 1 aromatic heterocycles. The van der Waals surface area contributed by atoms with E-state index in [1.54, 1.807) is 6.33 Å². The molecule has 4 rings (SSSR count). The van der Waals surface area contributed by atoms with Crippen LogP contribution in [0, 0.1) is 5.92 Å². The van der Waals surface area contributed by atoms with Gasteiger partial charge in [-0.1, -0.05) is 24.3 Å². The van der Waals surface area contributed by atoms with Crippen LogP contribution in [0.3, 0.4) is 0 Å². The Balaban J connectivity index is 1.44. The summed E-state index contributed by atoms with van der Waals surface area (Å²) < 4.78 is 1.83. The molecule has 1 aliphatic heterocycles. The summed E-state index contributed by atoms with van der Waals surface area (Å²) >= 11 is 0. The molecule has 1 aliphatic carbocycles. The average Bonchev–Trinajstić information content (AvgIpc) is 3.20. The molecule has 1 amide bonds. The largest absolute Gasteiger partial charge is 0.388 e. The molecule has 132 valence electrons. The maximum Gasteiger partial charge on any atom is 0.226 e. The number of β-amino-alcohol motifs (C(OH)–C–C–N with tert-alkyl or cyclic N) is 1. The number of nitrogens with zero attached hydrogens (tertiary/aromatic N) is 4. The molecule has 6 nitrogen and oxygen atoms in total. The minimum atomic E-state index is -0.917. The second-order valence-electron chi connectivity index (χ2n) is 7.50. The molecule has 1 aromatic carbocycles. The van der Waals surface area contributed by atoms with Crippen LogP contribution in [0.4, 0.5) is 0 Å². The molecule has 1 unspecified atom stereocenters. The van der Waals surface area contributed by atoms with Gasteiger partial charge in [0, 0.05) is 32.5 Å². The van der Waals surface area contributed by atoms with Gasteiger partial charge in [0.1, 0.15) is 12.2 Å². The van der Waals surface area contributed by atoms with E-state index in [0.717, 1.165) is 31.6 Å². The van der Waals surface area contributed by atoms with Crippen LogP contribution in [0.2, 0.25) is 0 Å². The van der Waals surface area contributed by atoms with Crippen molar-refractivity contribution in [3.63, 3.8) is 0 Å². The minimum Gasteiger partial charge on any atom is -0.388 e. The molecule has 0 spiro atoms. The minimum absolute atomic E-state index is 0.00887. The van der Waals surface area contributed by atoms with Crippen molar-refractivity contribution in [2.24, 2.45) is 13.0 Å². The Morgan fingerprint density at radius 2 is 2.04 bits per heavy atom. The van der Waals surface area contributed by atoms with E-state index in [1.807, 2.05) is 28.6 Å². The van der Waals surface area contributed by atoms with Crippen molar-refractivity contribution >= 4 is 5.91 Å². The molecule has 0 radical (unpaired) electrons. The fraction of sp³-hybridized carbons (Fsp3) is 0.526. The van der Waals surface area contributed by atoms with Crippen LogP contribution < -0.4 is 0 Å². The maximum atomic E-state index is 13.0. The number of aliphatic hydroxyl groups is 1. The number of piperidine rings is 1. The second kappa shape index (κ2) is 6.26. The zero-order chi connectivity index (χ0) is 17.4. The van der Waals surface area contributed by atoms with Crippen molar-refractivity contribution in [1.29, 1.82) is 0 Å². The van der Waals surface area contributed by atoms with Crippen molar-refractivity contribution in [3.05, 3.63) is 47.5 Å². The van der Waals surface area contributed by atoms with Gasteiger partial charge in [-0.3, -0.25) is 4.79 Å². The first-order valence-electron chi connectivity index (χ1n) is 8.95. The Labute approximate surface area is 147 Å². The topological polar surface area (TPSA) is 71.2 Å². The summed E-state index contributed by atoms with van der Waals surface area (Å²) in [4.78, 5) is 14.9. The van der Waals surface area contributed by atoms with Gasteiger partial charge in [0.2, 0.25) is 5.91 Å². The van der Waals surface area contributed by atoms with Crippen LogP contribution in [-0.2, 0) is 31.1 Å². The summed E-state index contributed by atoms with van der Waals surface area (Å²) in [7, 11) is 1.88. The molecule has 1 saturated heterocycles. The fourth-order valence-electron chi connectivity index (χ4n) is 4.20. The molecular formula is C19H24N4O2. The molecule has 2 aliphatic rings. The van der Waals surface area contributed by atoms with Crippen molar-refractivity contribution in [2.45, 2.75) is 37.7 Å². The van der Waals surface area contributed by atoms with E-state index in [1.165, 1.54) is 11.1 Å². The zero-order valence-electron chi connectivity index (χ0n) is 14.6. The number of amides is 1. The van der Waals surface area contributed by atoms with Crippen LogP contribution in [0.5, 0.6) is 0 Å². The van der Waals surface area contributed by atoms with Crippen LogP contribution in [0.1, 0.15) is 29.8 Å². The highest BCUT2D eigenvalue weighted by atomic mass is 16.3. The van der Waals surface area contributed by atoms with Crippen molar-refractivity contribution < 1.29 is 9.90 Å². The number of carbonyl (C=O) groups is 1. The molecular weight excluding hydrogens is 316 g/mol. The van der Waals surface area contributed by atoms with E-state index in [0.29, 0.717) is 19.4 Å². The number of likely N-dealkylation sites (tertiary alicyclic amines) is 1. The number of aryl methyl sites for hydroxylation is 1. The summed E-state index contributed by atoms with van der Waals surface area (Å²) in [6.07, 6.45) is 5.20. The molecule has 1 atom stereocenters. The molecule has 2 aromatic rings. The summed E-state index contributed by atoms with van der Waals surface area (Å²) in [5.74, 6) is 0.937. The molecule has 1 N–H and O–H groups in total. The predicted molar refractivity (Wildman–Crippen MR) is 92.8 cm³/mol. The molecule has 0 bridgehead atoms. The SMILES string of the molecule is Cn1cnnc1CC1(O)CCCN(C(=O)C2Cc3ccccc3C2)C1. The number of hydrogen-bond acceptors (Lipinski definition) is 4. The van der Waals surface area contributed by atoms with Crippen LogP contribution in [0.25, 0.3) is 0 Å². The Bertz CT molecular complexity index is 762. The van der Waals surface area contributed by atoms with Crippen molar-refractivity contribution in [1.82, 2.24) is 19.7 Å². The van der Waals surface area contributed by atoms with E-state index >= 15 is 0 Å². The van der Waals surface area contributed by atoms with Gasteiger partial charge < -0.3 is 14.6 Å². The van der Waals surface area contributed by atoms with Gasteiger partial charge in [-0.05, 0) is 36.8 Å². The van der Waals surface area contributed by atoms with E-state index < -0.39 is 5.60 Å². The molecule has 6 heteroatoms. The summed E-state index contributed by atoms with van der Waals surface area (Å²) in [5.41, 5.74) is 1.65. The third-order valence-corrected chi connectivity index (χ3v) is 5.56. The van der Waals surface area contributed by atoms with Crippen LogP contribution in [0.15, 0.2) is 30.6 Å². The predicted octanol–water partition coefficient (Wildman–Crippen LogP) is 1.13. The lowest BCUT2D eigenvalue weighted by Crippen LogP contribution is -2.53. The smallest absolute Gasteiger partial charge is 0.226 e. The lowest BCUT2D eigenvalue weighted by Gasteiger charge is -2.40. The number of rotatable bonds is 3. The fourth-order valence-corrected chi connectivity index (χ4v) is 4.20. The average molecular weight is 340 g/mol. The van der Waals surface area contributed by atoms with Gasteiger partial charge in [0.05, 0.1) is 5.60 Å². The van der Waals surface area contributed by atoms with Gasteiger partial charge in [-0.15, -0.1) is 10.2 Å². The Morgan fingerprint density at radius 1 is 1.32 bits per heavy atom. The van der Waals surface area contributed by atoms with Crippen molar-refractivity contribution in [3.8, 4) is 0 Å². The lowest BCUT2D eigenvalue weighted by atomic mass is 9.88. The number of hydrogen-bond donors (Lipinski definition) is 1. The molecule has 25 heavy (non-hydrogen) atoms. The Kier molecular flexibility index (Phi) is 4.07. The third-order valence-electron chi connectivity index (χ3n) is 5.56. The van der Waals surface area contributed by atoms with E-state index in [2.05, 4.69) is 22.3 Å². The monoisotopic (exact) mass is 340 g/mol. The van der Waals surface area contributed by atoms with Gasteiger partial charge in [0.25, 0.3) is 0 Å². The zero-order valence-corrected chi connectivity index (χ0v) is 14.6. The normalized spacial score (nSPS) is 23.7. The highest BCUT2D eigenvalue weighted by molar-refractivity contribution is 5.80. The van der Waals surface area contributed by atoms with E-state index in [-0.39, 0.29) is 11.8 Å². The Morgan fingerprint density at radius 3 is 2.68 bits per heavy atom. The quantitative estimate of drug-likeness (QED) is 0.909. The highest BCUT2D eigenvalue weighted by Gasteiger charge is 2.39. The number of fused-ring (bicyclic) bond motifs is 1. The Hall–Kier alpha value is -2.21. The number of aromatic nitrogens is 3. The number of benzene rings is 1. The van der Waals surface area contributed by atoms with Gasteiger partial charge >= 0.3 is 0 Å². The van der Waals surface area contributed by atoms with Crippen molar-refractivity contribution in [2.75, 3.05) is 13.1 Å². The molecule has 2 heterocycles. The van der Waals surface area contributed by atoms with Crippen LogP contribution in [-0.4, -0.2) is 49.4 Å². The lowest BCUT2D eigenvalue weighted by molar-refractivity contribution is -0.142. The molecule has 0 saturated carbocycles. The van der Waals surface area contributed by atoms with Gasteiger partial charge in [0.15, 0.2) is 0 Å². The third kappa shape index (κ3) is 3.18. The van der Waals surface area contributed by atoms with Gasteiger partial charge in [-0.25, -0.2) is 0 Å². The number of carbonyl (C=O) groups excluding carboxylic acids is 1. The van der Waals surface area contributed by atoms with Crippen LogP contribution >= 0.6 is 0 Å². The van der Waals surface area contributed by atoms with E-state index in [4.69, 9.17) is 0 Å². The second-order valence-corrected chi connectivity index (χ2v) is 7.50. The summed E-state index contributed by atoms with van der Waals surface area (Å²) in [5, 5.41) is 19.0. The molecule has 1 fully saturated rings. The standard InChI is InChI=1S/C19H24N4O2/c1-22-13-20-21-17(22)11-19(25)7-4-8-23(12-19)18(24)16-9-14-5-2-3-6-15(14)10-16/h2-3,5-6,13,16,25H,4,7-12H2,1H3. The summed E-state index contributed by atoms with van der Waals surface area (Å²) in [6, 6.07) is 8.30. The first-order valence-corrected chi connectivity index (χ1v) is 8.95. The first-order chi connectivity index (χ1) is 12.0.